The highest BCUT2D eigenvalue weighted by Gasteiger charge is 2.34. The summed E-state index contributed by atoms with van der Waals surface area (Å²) in [5.74, 6) is 0. The lowest BCUT2D eigenvalue weighted by Crippen LogP contribution is -2.37. The lowest BCUT2D eigenvalue weighted by Gasteiger charge is -2.32. The number of rotatable bonds is 1. The summed E-state index contributed by atoms with van der Waals surface area (Å²) in [4.78, 5) is 2.26. The molecule has 0 aromatic rings. The van der Waals surface area contributed by atoms with Crippen molar-refractivity contribution in [2.24, 2.45) is 0 Å². The average Bonchev–Trinajstić information content (AvgIpc) is 2.48. The van der Waals surface area contributed by atoms with Gasteiger partial charge in [0.2, 0.25) is 0 Å². The van der Waals surface area contributed by atoms with E-state index in [4.69, 9.17) is 0 Å². The predicted octanol–water partition coefficient (Wildman–Crippen LogP) is 0.770. The predicted molar refractivity (Wildman–Crippen MR) is 63.7 cm³/mol. The van der Waals surface area contributed by atoms with Gasteiger partial charge in [0.15, 0.2) is 0 Å². The van der Waals surface area contributed by atoms with Crippen LogP contribution in [0.2, 0.25) is 0 Å². The van der Waals surface area contributed by atoms with Crippen molar-refractivity contribution in [1.82, 2.24) is 4.90 Å². The monoisotopic (exact) mass is 311 g/mol. The van der Waals surface area contributed by atoms with Crippen LogP contribution in [-0.4, -0.2) is 50.4 Å². The lowest BCUT2D eigenvalue weighted by molar-refractivity contribution is 0.0572. The largest absolute Gasteiger partial charge is 0.389 e. The zero-order chi connectivity index (χ0) is 10.1. The lowest BCUT2D eigenvalue weighted by atomic mass is 9.94. The van der Waals surface area contributed by atoms with Crippen LogP contribution in [0.25, 0.3) is 0 Å². The first kappa shape index (κ1) is 11.1. The summed E-state index contributed by atoms with van der Waals surface area (Å²) < 4.78 is 0.835. The van der Waals surface area contributed by atoms with E-state index in [1.807, 2.05) is 0 Å². The number of hydrogen-bond acceptors (Lipinski definition) is 3. The van der Waals surface area contributed by atoms with Crippen molar-refractivity contribution in [3.05, 3.63) is 0 Å². The molecule has 2 fully saturated rings. The molecule has 2 atom stereocenters. The Kier molecular flexibility index (Phi) is 3.68. The van der Waals surface area contributed by atoms with Crippen LogP contribution in [0.15, 0.2) is 0 Å². The summed E-state index contributed by atoms with van der Waals surface area (Å²) >= 11 is 2.52. The van der Waals surface area contributed by atoms with Crippen molar-refractivity contribution in [2.75, 3.05) is 13.1 Å². The quantitative estimate of drug-likeness (QED) is 0.555. The number of halogens is 1. The SMILES string of the molecule is O[C@H]1CN(C2CCC(I)CC2)C[C@@H]1O. The fourth-order valence-corrected chi connectivity index (χ4v) is 3.22. The Balaban J connectivity index is 1.85. The second-order valence-corrected chi connectivity index (χ2v) is 6.26. The molecule has 1 heterocycles. The van der Waals surface area contributed by atoms with Gasteiger partial charge in [-0.15, -0.1) is 0 Å². The summed E-state index contributed by atoms with van der Waals surface area (Å²) in [7, 11) is 0. The van der Waals surface area contributed by atoms with Gasteiger partial charge in [0.1, 0.15) is 0 Å². The van der Waals surface area contributed by atoms with E-state index in [0.717, 1.165) is 3.92 Å². The summed E-state index contributed by atoms with van der Waals surface area (Å²) in [6.07, 6.45) is 3.99. The number of hydrogen-bond donors (Lipinski definition) is 2. The van der Waals surface area contributed by atoms with Crippen LogP contribution < -0.4 is 0 Å². The smallest absolute Gasteiger partial charge is 0.0938 e. The van der Waals surface area contributed by atoms with Crippen molar-refractivity contribution in [3.63, 3.8) is 0 Å². The molecule has 2 N–H and O–H groups in total. The van der Waals surface area contributed by atoms with Gasteiger partial charge >= 0.3 is 0 Å². The van der Waals surface area contributed by atoms with Crippen molar-refractivity contribution in [1.29, 1.82) is 0 Å². The average molecular weight is 311 g/mol. The van der Waals surface area contributed by atoms with Crippen LogP contribution in [0, 0.1) is 0 Å². The molecule has 1 aliphatic heterocycles. The molecule has 1 saturated carbocycles. The topological polar surface area (TPSA) is 43.7 Å². The standard InChI is InChI=1S/C10H18INO2/c11-7-1-3-8(4-2-7)12-5-9(13)10(14)6-12/h7-10,13-14H,1-6H2/t7?,8?,9-,10-/m0/s1. The highest BCUT2D eigenvalue weighted by molar-refractivity contribution is 14.1. The molecular formula is C10H18INO2. The third-order valence-corrected chi connectivity index (χ3v) is 4.68. The second-order valence-electron chi connectivity index (χ2n) is 4.49. The van der Waals surface area contributed by atoms with Gasteiger partial charge in [-0.2, -0.15) is 0 Å². The fourth-order valence-electron chi connectivity index (χ4n) is 2.50. The van der Waals surface area contributed by atoms with Gasteiger partial charge in [-0.1, -0.05) is 22.6 Å². The van der Waals surface area contributed by atoms with Crippen LogP contribution in [-0.2, 0) is 0 Å². The van der Waals surface area contributed by atoms with E-state index in [9.17, 15) is 10.2 Å². The van der Waals surface area contributed by atoms with Crippen LogP contribution in [0.1, 0.15) is 25.7 Å². The number of alkyl halides is 1. The molecule has 2 rings (SSSR count). The Morgan fingerprint density at radius 3 is 1.93 bits per heavy atom. The van der Waals surface area contributed by atoms with Crippen LogP contribution in [0.5, 0.6) is 0 Å². The summed E-state index contributed by atoms with van der Waals surface area (Å²) in [5, 5.41) is 18.9. The zero-order valence-electron chi connectivity index (χ0n) is 8.27. The maximum atomic E-state index is 9.46. The Labute approximate surface area is 98.6 Å². The molecule has 4 heteroatoms. The first-order valence-electron chi connectivity index (χ1n) is 5.41. The number of aliphatic hydroxyl groups is 2. The van der Waals surface area contributed by atoms with E-state index in [1.165, 1.54) is 25.7 Å². The molecule has 3 nitrogen and oxygen atoms in total. The third-order valence-electron chi connectivity index (χ3n) is 3.43. The van der Waals surface area contributed by atoms with Crippen molar-refractivity contribution in [3.8, 4) is 0 Å². The number of β-amino-alcohol motifs (C(OH)–C–C–N with tert-alkyl or cyclic N) is 2. The van der Waals surface area contributed by atoms with E-state index in [0.29, 0.717) is 19.1 Å². The van der Waals surface area contributed by atoms with Gasteiger partial charge in [0.05, 0.1) is 12.2 Å². The maximum absolute atomic E-state index is 9.46. The summed E-state index contributed by atoms with van der Waals surface area (Å²) in [5.41, 5.74) is 0. The van der Waals surface area contributed by atoms with Crippen LogP contribution in [0.3, 0.4) is 0 Å². The summed E-state index contributed by atoms with van der Waals surface area (Å²) in [6, 6.07) is 0.604. The number of likely N-dealkylation sites (tertiary alicyclic amines) is 1. The van der Waals surface area contributed by atoms with Crippen molar-refractivity contribution in [2.45, 2.75) is 47.9 Å². The van der Waals surface area contributed by atoms with Gasteiger partial charge in [-0.25, -0.2) is 0 Å². The molecule has 2 aliphatic rings. The van der Waals surface area contributed by atoms with E-state index in [1.54, 1.807) is 0 Å². The molecule has 0 aromatic carbocycles. The molecule has 0 bridgehead atoms. The van der Waals surface area contributed by atoms with Crippen LogP contribution in [0.4, 0.5) is 0 Å². The zero-order valence-corrected chi connectivity index (χ0v) is 10.4. The molecule has 82 valence electrons. The Hall–Kier alpha value is 0.610. The number of nitrogens with zero attached hydrogens (tertiary/aromatic N) is 1. The van der Waals surface area contributed by atoms with E-state index < -0.39 is 12.2 Å². The molecule has 1 aliphatic carbocycles. The first-order valence-corrected chi connectivity index (χ1v) is 6.65. The molecule has 0 spiro atoms. The summed E-state index contributed by atoms with van der Waals surface area (Å²) in [6.45, 7) is 1.33. The van der Waals surface area contributed by atoms with Gasteiger partial charge in [0.25, 0.3) is 0 Å². The highest BCUT2D eigenvalue weighted by Crippen LogP contribution is 2.29. The molecule has 1 saturated heterocycles. The Morgan fingerprint density at radius 2 is 1.43 bits per heavy atom. The highest BCUT2D eigenvalue weighted by atomic mass is 127. The third kappa shape index (κ3) is 2.40. The van der Waals surface area contributed by atoms with Gasteiger partial charge in [-0.05, 0) is 25.7 Å². The second kappa shape index (κ2) is 4.63. The van der Waals surface area contributed by atoms with E-state index in [-0.39, 0.29) is 0 Å². The van der Waals surface area contributed by atoms with Gasteiger partial charge in [0, 0.05) is 23.1 Å². The van der Waals surface area contributed by atoms with Crippen LogP contribution >= 0.6 is 22.6 Å². The van der Waals surface area contributed by atoms with Crippen molar-refractivity contribution >= 4 is 22.6 Å². The Bertz CT molecular complexity index is 185. The Morgan fingerprint density at radius 1 is 0.929 bits per heavy atom. The minimum atomic E-state index is -0.521. The molecule has 14 heavy (non-hydrogen) atoms. The normalized spacial score (nSPS) is 45.6. The van der Waals surface area contributed by atoms with Crippen molar-refractivity contribution < 1.29 is 10.2 Å². The first-order chi connectivity index (χ1) is 6.66. The fraction of sp³-hybridized carbons (Fsp3) is 1.00. The maximum Gasteiger partial charge on any atom is 0.0938 e. The van der Waals surface area contributed by atoms with E-state index >= 15 is 0 Å². The number of aliphatic hydroxyl groups excluding tert-OH is 2. The molecule has 0 aromatic heterocycles. The molecule has 0 amide bonds. The molecule has 0 radical (unpaired) electrons. The molecule has 0 unspecified atom stereocenters. The minimum Gasteiger partial charge on any atom is -0.389 e. The van der Waals surface area contributed by atoms with Gasteiger partial charge < -0.3 is 10.2 Å². The van der Waals surface area contributed by atoms with Gasteiger partial charge in [-0.3, -0.25) is 4.90 Å². The van der Waals surface area contributed by atoms with E-state index in [2.05, 4.69) is 27.5 Å². The minimum absolute atomic E-state index is 0.521. The molecular weight excluding hydrogens is 293 g/mol.